The van der Waals surface area contributed by atoms with Crippen molar-refractivity contribution >= 4 is 28.0 Å². The van der Waals surface area contributed by atoms with Gasteiger partial charge in [-0.3, -0.25) is 9.55 Å². The summed E-state index contributed by atoms with van der Waals surface area (Å²) in [6, 6.07) is 56.8. The quantitative estimate of drug-likeness (QED) is 0.190. The lowest BCUT2D eigenvalue weighted by Gasteiger charge is -2.46. The average Bonchev–Trinajstić information content (AvgIpc) is 3.43. The highest BCUT2D eigenvalue weighted by atomic mass is 15.2. The molecular weight excluding hydrogens is 597 g/mol. The Bertz CT molecular complexity index is 2420. The molecule has 0 radical (unpaired) electrons. The van der Waals surface area contributed by atoms with Gasteiger partial charge in [0.1, 0.15) is 5.82 Å². The lowest BCUT2D eigenvalue weighted by Crippen LogP contribution is -2.37. The van der Waals surface area contributed by atoms with Gasteiger partial charge < -0.3 is 4.90 Å². The first-order chi connectivity index (χ1) is 24.2. The SMILES string of the molecule is Cc1c(C)n(-c2ccccn2)c2cc(C3(c4cccc(-c5ccccn5)c4)c4ccccc4N(c4ccccc4)c4ccccc43)ccc12. The van der Waals surface area contributed by atoms with Crippen LogP contribution < -0.4 is 4.90 Å². The van der Waals surface area contributed by atoms with E-state index in [9.17, 15) is 0 Å². The monoisotopic (exact) mass is 630 g/mol. The fourth-order valence-corrected chi connectivity index (χ4v) is 7.93. The van der Waals surface area contributed by atoms with Crippen molar-refractivity contribution < 1.29 is 0 Å². The largest absolute Gasteiger partial charge is 0.310 e. The molecule has 8 aromatic rings. The summed E-state index contributed by atoms with van der Waals surface area (Å²) in [4.78, 5) is 12.0. The molecule has 0 N–H and O–H groups in total. The van der Waals surface area contributed by atoms with E-state index < -0.39 is 5.41 Å². The molecule has 0 unspecified atom stereocenters. The summed E-state index contributed by atoms with van der Waals surface area (Å²) in [5, 5.41) is 1.23. The minimum Gasteiger partial charge on any atom is -0.310 e. The van der Waals surface area contributed by atoms with E-state index in [-0.39, 0.29) is 0 Å². The molecule has 0 fully saturated rings. The first-order valence-corrected chi connectivity index (χ1v) is 16.8. The zero-order valence-corrected chi connectivity index (χ0v) is 27.5. The van der Waals surface area contributed by atoms with Crippen molar-refractivity contribution in [3.8, 4) is 17.1 Å². The van der Waals surface area contributed by atoms with Crippen LogP contribution in [0.1, 0.15) is 33.5 Å². The third-order valence-corrected chi connectivity index (χ3v) is 10.2. The van der Waals surface area contributed by atoms with Crippen LogP contribution in [0, 0.1) is 13.8 Å². The molecule has 1 aliphatic heterocycles. The van der Waals surface area contributed by atoms with Crippen molar-refractivity contribution in [1.29, 1.82) is 0 Å². The standard InChI is InChI=1S/C45H34N4/c1-31-32(2)48(44-24-11-13-28-47-44)43-30-35(25-26-37(31)43)45(34-16-14-15-33(29-34)40-21-10-12-27-46-40)38-19-6-8-22-41(38)49(36-17-4-3-5-18-36)42-23-9-7-20-39(42)45/h3-30H,1-2H3. The van der Waals surface area contributed by atoms with Crippen molar-refractivity contribution in [2.24, 2.45) is 0 Å². The van der Waals surface area contributed by atoms with E-state index >= 15 is 0 Å². The minimum absolute atomic E-state index is 0.654. The topological polar surface area (TPSA) is 34.0 Å². The molecule has 0 aliphatic carbocycles. The number of nitrogens with zero attached hydrogens (tertiary/aromatic N) is 4. The number of aryl methyl sites for hydroxylation is 1. The first-order valence-electron chi connectivity index (χ1n) is 16.8. The van der Waals surface area contributed by atoms with Gasteiger partial charge in [-0.15, -0.1) is 0 Å². The molecular formula is C45H34N4. The Hall–Kier alpha value is -6.26. The molecule has 0 atom stereocenters. The Balaban J connectivity index is 1.42. The van der Waals surface area contributed by atoms with Crippen LogP contribution in [0.2, 0.25) is 0 Å². The van der Waals surface area contributed by atoms with Gasteiger partial charge in [-0.1, -0.05) is 97.1 Å². The van der Waals surface area contributed by atoms with Crippen LogP contribution in [-0.2, 0) is 5.41 Å². The molecule has 1 aliphatic rings. The van der Waals surface area contributed by atoms with Gasteiger partial charge in [0.25, 0.3) is 0 Å². The van der Waals surface area contributed by atoms with Gasteiger partial charge >= 0.3 is 0 Å². The van der Waals surface area contributed by atoms with Gasteiger partial charge in [0.15, 0.2) is 0 Å². The number of para-hydroxylation sites is 3. The normalized spacial score (nSPS) is 13.2. The zero-order valence-electron chi connectivity index (χ0n) is 27.5. The summed E-state index contributed by atoms with van der Waals surface area (Å²) in [7, 11) is 0. The van der Waals surface area contributed by atoms with Crippen LogP contribution in [0.3, 0.4) is 0 Å². The number of anilines is 3. The number of aromatic nitrogens is 3. The van der Waals surface area contributed by atoms with Crippen LogP contribution in [0.25, 0.3) is 28.0 Å². The van der Waals surface area contributed by atoms with Crippen molar-refractivity contribution in [1.82, 2.24) is 14.5 Å². The van der Waals surface area contributed by atoms with E-state index in [4.69, 9.17) is 9.97 Å². The van der Waals surface area contributed by atoms with E-state index in [1.165, 1.54) is 38.9 Å². The van der Waals surface area contributed by atoms with Crippen molar-refractivity contribution in [2.45, 2.75) is 19.3 Å². The fourth-order valence-electron chi connectivity index (χ4n) is 7.93. The van der Waals surface area contributed by atoms with E-state index in [0.717, 1.165) is 39.7 Å². The molecule has 5 aromatic carbocycles. The predicted octanol–water partition coefficient (Wildman–Crippen LogP) is 10.9. The summed E-state index contributed by atoms with van der Waals surface area (Å²) in [6.45, 7) is 4.41. The molecule has 9 rings (SSSR count). The summed E-state index contributed by atoms with van der Waals surface area (Å²) < 4.78 is 2.31. The molecule has 3 aromatic heterocycles. The minimum atomic E-state index is -0.654. The second kappa shape index (κ2) is 11.5. The second-order valence-electron chi connectivity index (χ2n) is 12.7. The number of rotatable bonds is 5. The third kappa shape index (κ3) is 4.38. The van der Waals surface area contributed by atoms with Crippen LogP contribution in [0.15, 0.2) is 170 Å². The van der Waals surface area contributed by atoms with Gasteiger partial charge in [0.2, 0.25) is 0 Å². The molecule has 4 heterocycles. The van der Waals surface area contributed by atoms with Crippen molar-refractivity contribution in [3.05, 3.63) is 204 Å². The van der Waals surface area contributed by atoms with E-state index in [2.05, 4.69) is 169 Å². The van der Waals surface area contributed by atoms with E-state index in [1.807, 2.05) is 24.5 Å². The van der Waals surface area contributed by atoms with Gasteiger partial charge in [0.05, 0.1) is 28.0 Å². The Morgan fingerprint density at radius 1 is 0.531 bits per heavy atom. The maximum Gasteiger partial charge on any atom is 0.137 e. The number of hydrogen-bond donors (Lipinski definition) is 0. The Labute approximate surface area is 286 Å². The number of fused-ring (bicyclic) bond motifs is 3. The lowest BCUT2D eigenvalue weighted by atomic mass is 9.62. The van der Waals surface area contributed by atoms with Crippen molar-refractivity contribution in [2.75, 3.05) is 4.90 Å². The average molecular weight is 631 g/mol. The predicted molar refractivity (Wildman–Crippen MR) is 200 cm³/mol. The highest BCUT2D eigenvalue weighted by Gasteiger charge is 2.46. The number of pyridine rings is 2. The molecule has 0 saturated carbocycles. The van der Waals surface area contributed by atoms with Gasteiger partial charge in [-0.25, -0.2) is 4.98 Å². The Morgan fingerprint density at radius 2 is 1.18 bits per heavy atom. The van der Waals surface area contributed by atoms with E-state index in [1.54, 1.807) is 0 Å². The summed E-state index contributed by atoms with van der Waals surface area (Å²) in [5.41, 5.74) is 13.2. The molecule has 234 valence electrons. The summed E-state index contributed by atoms with van der Waals surface area (Å²) in [6.07, 6.45) is 3.74. The van der Waals surface area contributed by atoms with Crippen LogP contribution in [-0.4, -0.2) is 14.5 Å². The van der Waals surface area contributed by atoms with Crippen LogP contribution in [0.5, 0.6) is 0 Å². The number of benzene rings is 5. The van der Waals surface area contributed by atoms with Crippen LogP contribution >= 0.6 is 0 Å². The maximum atomic E-state index is 4.80. The smallest absolute Gasteiger partial charge is 0.137 e. The molecule has 4 nitrogen and oxygen atoms in total. The molecule has 0 spiro atoms. The summed E-state index contributed by atoms with van der Waals surface area (Å²) >= 11 is 0. The first kappa shape index (κ1) is 28.9. The van der Waals surface area contributed by atoms with Gasteiger partial charge in [-0.05, 0) is 102 Å². The van der Waals surface area contributed by atoms with Crippen molar-refractivity contribution in [3.63, 3.8) is 0 Å². The second-order valence-corrected chi connectivity index (χ2v) is 12.7. The Kier molecular flexibility index (Phi) is 6.77. The molecule has 0 saturated heterocycles. The Morgan fingerprint density at radius 3 is 1.88 bits per heavy atom. The lowest BCUT2D eigenvalue weighted by molar-refractivity contribution is 0.732. The highest BCUT2D eigenvalue weighted by Crippen LogP contribution is 2.58. The molecule has 49 heavy (non-hydrogen) atoms. The van der Waals surface area contributed by atoms with Gasteiger partial charge in [-0.2, -0.15) is 0 Å². The highest BCUT2D eigenvalue weighted by molar-refractivity contribution is 5.92. The number of hydrogen-bond acceptors (Lipinski definition) is 3. The zero-order chi connectivity index (χ0) is 33.0. The van der Waals surface area contributed by atoms with Gasteiger partial charge in [0, 0.05) is 34.7 Å². The molecule has 0 amide bonds. The third-order valence-electron chi connectivity index (χ3n) is 10.2. The molecule has 0 bridgehead atoms. The van der Waals surface area contributed by atoms with E-state index in [0.29, 0.717) is 0 Å². The molecule has 4 heteroatoms. The van der Waals surface area contributed by atoms with Crippen LogP contribution in [0.4, 0.5) is 17.1 Å². The summed E-state index contributed by atoms with van der Waals surface area (Å²) in [5.74, 6) is 0.918. The maximum absolute atomic E-state index is 4.80. The fraction of sp³-hybridized carbons (Fsp3) is 0.0667.